The van der Waals surface area contributed by atoms with Crippen LogP contribution in [0.4, 0.5) is 0 Å². The van der Waals surface area contributed by atoms with Crippen molar-refractivity contribution in [3.8, 4) is 10.8 Å². The first kappa shape index (κ1) is 15.0. The maximum atomic E-state index is 12.1. The van der Waals surface area contributed by atoms with Crippen LogP contribution in [0.5, 0.6) is 0 Å². The number of carbonyl (C=O) groups excluding carboxylic acids is 1. The van der Waals surface area contributed by atoms with Crippen LogP contribution in [0.1, 0.15) is 0 Å². The first-order chi connectivity index (χ1) is 10.2. The summed E-state index contributed by atoms with van der Waals surface area (Å²) >= 11 is 1.41. The van der Waals surface area contributed by atoms with Crippen LogP contribution in [-0.2, 0) is 11.3 Å². The number of amides is 1. The number of hydrogen-bond donors (Lipinski definition) is 0. The summed E-state index contributed by atoms with van der Waals surface area (Å²) in [5.74, 6) is -0.673. The van der Waals surface area contributed by atoms with Crippen LogP contribution >= 0.6 is 11.3 Å². The minimum absolute atomic E-state index is 0.171. The zero-order valence-corrected chi connectivity index (χ0v) is 12.2. The zero-order valence-electron chi connectivity index (χ0n) is 11.4. The Labute approximate surface area is 125 Å². The Morgan fingerprint density at radius 2 is 2.14 bits per heavy atom. The van der Waals surface area contributed by atoms with E-state index in [0.717, 1.165) is 9.56 Å². The van der Waals surface area contributed by atoms with Gasteiger partial charge in [-0.25, -0.2) is 4.79 Å². The maximum Gasteiger partial charge on any atom is 0.437 e. The molecule has 1 amide bonds. The van der Waals surface area contributed by atoms with Gasteiger partial charge in [0.2, 0.25) is 5.91 Å². The minimum Gasteiger partial charge on any atom is -0.387 e. The van der Waals surface area contributed by atoms with Crippen molar-refractivity contribution in [3.05, 3.63) is 53.4 Å². The molecule has 21 heavy (non-hydrogen) atoms. The molecule has 2 rings (SSSR count). The largest absolute Gasteiger partial charge is 0.437 e. The van der Waals surface area contributed by atoms with Crippen LogP contribution in [0.15, 0.2) is 52.0 Å². The number of carbonyl (C=O) groups is 1. The van der Waals surface area contributed by atoms with E-state index in [-0.39, 0.29) is 18.3 Å². The van der Waals surface area contributed by atoms with Crippen molar-refractivity contribution >= 4 is 17.2 Å². The number of thiophene rings is 1. The SMILES string of the molecule is C=CCN(CC=C)C(=O)Cn1nc(-c2cccs2)oc1=O. The van der Waals surface area contributed by atoms with E-state index in [1.807, 2.05) is 11.4 Å². The summed E-state index contributed by atoms with van der Waals surface area (Å²) in [7, 11) is 0. The molecule has 2 heterocycles. The van der Waals surface area contributed by atoms with Crippen LogP contribution < -0.4 is 5.76 Å². The maximum absolute atomic E-state index is 12.1. The van der Waals surface area contributed by atoms with E-state index in [1.54, 1.807) is 18.2 Å². The van der Waals surface area contributed by atoms with Crippen molar-refractivity contribution in [1.29, 1.82) is 0 Å². The van der Waals surface area contributed by atoms with Gasteiger partial charge in [-0.15, -0.1) is 29.6 Å². The van der Waals surface area contributed by atoms with Gasteiger partial charge in [-0.1, -0.05) is 18.2 Å². The molecule has 0 aliphatic heterocycles. The monoisotopic (exact) mass is 305 g/mol. The van der Waals surface area contributed by atoms with Crippen LogP contribution in [0.25, 0.3) is 10.8 Å². The van der Waals surface area contributed by atoms with E-state index in [9.17, 15) is 9.59 Å². The molecule has 6 nitrogen and oxygen atoms in total. The Morgan fingerprint density at radius 1 is 1.43 bits per heavy atom. The summed E-state index contributed by atoms with van der Waals surface area (Å²) in [6, 6.07) is 3.63. The lowest BCUT2D eigenvalue weighted by Crippen LogP contribution is -2.36. The van der Waals surface area contributed by atoms with Gasteiger partial charge in [-0.3, -0.25) is 4.79 Å². The number of nitrogens with zero attached hydrogens (tertiary/aromatic N) is 3. The molecule has 2 aromatic heterocycles. The third-order valence-electron chi connectivity index (χ3n) is 2.67. The lowest BCUT2D eigenvalue weighted by Gasteiger charge is -2.18. The molecule has 0 unspecified atom stereocenters. The summed E-state index contributed by atoms with van der Waals surface area (Å²) in [6.45, 7) is 7.79. The van der Waals surface area contributed by atoms with Gasteiger partial charge in [0, 0.05) is 13.1 Å². The topological polar surface area (TPSA) is 68.3 Å². The van der Waals surface area contributed by atoms with E-state index in [1.165, 1.54) is 16.2 Å². The molecule has 2 aromatic rings. The molecule has 0 saturated heterocycles. The predicted molar refractivity (Wildman–Crippen MR) is 81.1 cm³/mol. The summed E-state index contributed by atoms with van der Waals surface area (Å²) in [5, 5.41) is 5.90. The summed E-state index contributed by atoms with van der Waals surface area (Å²) in [4.78, 5) is 26.1. The van der Waals surface area contributed by atoms with Gasteiger partial charge in [-0.05, 0) is 11.4 Å². The molecule has 0 spiro atoms. The first-order valence-electron chi connectivity index (χ1n) is 6.27. The van der Waals surface area contributed by atoms with Gasteiger partial charge in [0.15, 0.2) is 0 Å². The quantitative estimate of drug-likeness (QED) is 0.731. The van der Waals surface area contributed by atoms with Crippen molar-refractivity contribution in [1.82, 2.24) is 14.7 Å². The summed E-state index contributed by atoms with van der Waals surface area (Å²) < 4.78 is 6.08. The van der Waals surface area contributed by atoms with Gasteiger partial charge in [0.1, 0.15) is 6.54 Å². The van der Waals surface area contributed by atoms with Gasteiger partial charge in [0.25, 0.3) is 5.89 Å². The van der Waals surface area contributed by atoms with Gasteiger partial charge >= 0.3 is 5.76 Å². The Bertz CT molecular complexity index is 675. The number of rotatable bonds is 7. The highest BCUT2D eigenvalue weighted by Gasteiger charge is 2.17. The molecule has 0 aromatic carbocycles. The van der Waals surface area contributed by atoms with Crippen molar-refractivity contribution in [2.75, 3.05) is 13.1 Å². The Hall–Kier alpha value is -2.41. The molecule has 0 saturated carbocycles. The van der Waals surface area contributed by atoms with Gasteiger partial charge in [0.05, 0.1) is 4.88 Å². The standard InChI is InChI=1S/C14H15N3O3S/c1-3-7-16(8-4-2)12(18)10-17-14(19)20-13(15-17)11-6-5-9-21-11/h3-6,9H,1-2,7-8,10H2. The van der Waals surface area contributed by atoms with Crippen molar-refractivity contribution in [3.63, 3.8) is 0 Å². The smallest absolute Gasteiger partial charge is 0.387 e. The Balaban J connectivity index is 2.15. The Morgan fingerprint density at radius 3 is 2.71 bits per heavy atom. The molecule has 0 radical (unpaired) electrons. The van der Waals surface area contributed by atoms with Crippen molar-refractivity contribution in [2.45, 2.75) is 6.54 Å². The zero-order chi connectivity index (χ0) is 15.2. The van der Waals surface area contributed by atoms with E-state index in [0.29, 0.717) is 13.1 Å². The highest BCUT2D eigenvalue weighted by Crippen LogP contribution is 2.20. The van der Waals surface area contributed by atoms with E-state index in [4.69, 9.17) is 4.42 Å². The van der Waals surface area contributed by atoms with E-state index >= 15 is 0 Å². The molecule has 0 fully saturated rings. The third kappa shape index (κ3) is 3.57. The molecule has 7 heteroatoms. The van der Waals surface area contributed by atoms with Crippen molar-refractivity contribution in [2.24, 2.45) is 0 Å². The average Bonchev–Trinajstić information content (AvgIpc) is 3.09. The summed E-state index contributed by atoms with van der Waals surface area (Å²) in [6.07, 6.45) is 3.23. The highest BCUT2D eigenvalue weighted by molar-refractivity contribution is 7.13. The van der Waals surface area contributed by atoms with Crippen LogP contribution in [0, 0.1) is 0 Å². The second-order valence-electron chi connectivity index (χ2n) is 4.18. The lowest BCUT2D eigenvalue weighted by molar-refractivity contribution is -0.131. The lowest BCUT2D eigenvalue weighted by atomic mass is 10.4. The molecule has 0 bridgehead atoms. The minimum atomic E-state index is -0.649. The second kappa shape index (κ2) is 6.85. The van der Waals surface area contributed by atoms with Crippen LogP contribution in [0.2, 0.25) is 0 Å². The molecule has 0 aliphatic carbocycles. The van der Waals surface area contributed by atoms with Gasteiger partial charge in [-0.2, -0.15) is 4.68 Å². The van der Waals surface area contributed by atoms with Crippen LogP contribution in [-0.4, -0.2) is 33.7 Å². The van der Waals surface area contributed by atoms with Gasteiger partial charge < -0.3 is 9.32 Å². The number of aromatic nitrogens is 2. The molecular weight excluding hydrogens is 290 g/mol. The van der Waals surface area contributed by atoms with E-state index < -0.39 is 5.76 Å². The predicted octanol–water partition coefficient (Wildman–Crippen LogP) is 1.77. The average molecular weight is 305 g/mol. The fraction of sp³-hybridized carbons (Fsp3) is 0.214. The summed E-state index contributed by atoms with van der Waals surface area (Å²) in [5.41, 5.74) is 0. The molecular formula is C14H15N3O3S. The highest BCUT2D eigenvalue weighted by atomic mass is 32.1. The van der Waals surface area contributed by atoms with Crippen LogP contribution in [0.3, 0.4) is 0 Å². The fourth-order valence-electron chi connectivity index (χ4n) is 1.72. The first-order valence-corrected chi connectivity index (χ1v) is 7.15. The van der Waals surface area contributed by atoms with E-state index in [2.05, 4.69) is 18.3 Å². The number of hydrogen-bond acceptors (Lipinski definition) is 5. The molecule has 0 N–H and O–H groups in total. The second-order valence-corrected chi connectivity index (χ2v) is 5.13. The normalized spacial score (nSPS) is 10.3. The molecule has 110 valence electrons. The Kier molecular flexibility index (Phi) is 4.89. The third-order valence-corrected chi connectivity index (χ3v) is 3.53. The molecule has 0 atom stereocenters. The fourth-order valence-corrected chi connectivity index (χ4v) is 2.37. The molecule has 0 aliphatic rings. The van der Waals surface area contributed by atoms with Crippen molar-refractivity contribution < 1.29 is 9.21 Å².